The van der Waals surface area contributed by atoms with Crippen LogP contribution in [-0.4, -0.2) is 26.7 Å². The predicted molar refractivity (Wildman–Crippen MR) is 142 cm³/mol. The third-order valence-electron chi connectivity index (χ3n) is 8.15. The first kappa shape index (κ1) is 22.7. The summed E-state index contributed by atoms with van der Waals surface area (Å²) in [7, 11) is 0. The van der Waals surface area contributed by atoms with Crippen molar-refractivity contribution in [2.45, 2.75) is 45.1 Å². The quantitative estimate of drug-likeness (QED) is 0.370. The molecule has 0 aliphatic heterocycles. The van der Waals surface area contributed by atoms with Gasteiger partial charge in [-0.3, -0.25) is 9.78 Å². The number of hydrogen-bond acceptors (Lipinski definition) is 3. The molecule has 2 aliphatic rings. The molecule has 6 rings (SSSR count). The minimum atomic E-state index is 0.0100. The predicted octanol–water partition coefficient (Wildman–Crippen LogP) is 6.02. The highest BCUT2D eigenvalue weighted by Gasteiger charge is 2.45. The molecule has 182 valence electrons. The molecule has 5 nitrogen and oxygen atoms in total. The van der Waals surface area contributed by atoms with Crippen molar-refractivity contribution in [2.75, 3.05) is 0 Å². The van der Waals surface area contributed by atoms with E-state index in [4.69, 9.17) is 5.10 Å². The highest BCUT2D eigenvalue weighted by atomic mass is 16.1. The molecule has 2 aromatic heterocycles. The van der Waals surface area contributed by atoms with Gasteiger partial charge in [-0.15, -0.1) is 0 Å². The lowest BCUT2D eigenvalue weighted by atomic mass is 9.86. The van der Waals surface area contributed by atoms with Crippen LogP contribution in [0.3, 0.4) is 0 Å². The topological polar surface area (TPSA) is 59.8 Å². The molecule has 2 fully saturated rings. The molecule has 2 aromatic carbocycles. The summed E-state index contributed by atoms with van der Waals surface area (Å²) in [5.41, 5.74) is 6.32. The molecular weight excluding hydrogens is 444 g/mol. The van der Waals surface area contributed by atoms with Crippen molar-refractivity contribution in [1.82, 2.24) is 20.1 Å². The molecule has 2 aliphatic carbocycles. The molecular formula is C31H32N4O. The summed E-state index contributed by atoms with van der Waals surface area (Å²) in [4.78, 5) is 17.1. The summed E-state index contributed by atoms with van der Waals surface area (Å²) < 4.78 is 2.03. The fourth-order valence-corrected chi connectivity index (χ4v) is 6.48. The van der Waals surface area contributed by atoms with Crippen molar-refractivity contribution in [3.8, 4) is 16.9 Å². The van der Waals surface area contributed by atoms with Crippen LogP contribution in [0.1, 0.15) is 47.2 Å². The van der Waals surface area contributed by atoms with Crippen LogP contribution in [0.2, 0.25) is 0 Å². The number of hydrogen-bond donors (Lipinski definition) is 1. The van der Waals surface area contributed by atoms with Gasteiger partial charge in [-0.05, 0) is 86.1 Å². The van der Waals surface area contributed by atoms with Crippen LogP contribution in [0, 0.1) is 24.7 Å². The van der Waals surface area contributed by atoms with Gasteiger partial charge in [0.25, 0.3) is 5.91 Å². The number of rotatable bonds is 6. The highest BCUT2D eigenvalue weighted by Crippen LogP contribution is 2.49. The third kappa shape index (κ3) is 4.46. The van der Waals surface area contributed by atoms with E-state index in [9.17, 15) is 4.79 Å². The lowest BCUT2D eigenvalue weighted by Crippen LogP contribution is -2.37. The summed E-state index contributed by atoms with van der Waals surface area (Å²) in [5.74, 6) is 1.83. The number of benzene rings is 2. The molecule has 0 saturated heterocycles. The maximum absolute atomic E-state index is 12.9. The maximum atomic E-state index is 12.9. The Labute approximate surface area is 212 Å². The Morgan fingerprint density at radius 2 is 1.69 bits per heavy atom. The Bertz CT molecular complexity index is 1350. The van der Waals surface area contributed by atoms with E-state index in [2.05, 4.69) is 71.1 Å². The molecule has 0 spiro atoms. The summed E-state index contributed by atoms with van der Waals surface area (Å²) in [6.45, 7) is 1.97. The Balaban J connectivity index is 1.21. The zero-order valence-corrected chi connectivity index (χ0v) is 20.7. The van der Waals surface area contributed by atoms with E-state index in [0.717, 1.165) is 29.8 Å². The van der Waals surface area contributed by atoms with Crippen molar-refractivity contribution in [3.05, 3.63) is 102 Å². The van der Waals surface area contributed by atoms with Gasteiger partial charge in [0.05, 0.1) is 16.9 Å². The van der Waals surface area contributed by atoms with E-state index in [0.29, 0.717) is 23.3 Å². The van der Waals surface area contributed by atoms with Gasteiger partial charge in [0, 0.05) is 30.2 Å². The van der Waals surface area contributed by atoms with Crippen molar-refractivity contribution in [1.29, 1.82) is 0 Å². The fraction of sp³-hybridized carbons (Fsp3) is 0.323. The Hall–Kier alpha value is -3.73. The minimum Gasteiger partial charge on any atom is -0.349 e. The minimum absolute atomic E-state index is 0.0100. The number of fused-ring (bicyclic) bond motifs is 1. The first-order valence-electron chi connectivity index (χ1n) is 13.1. The first-order chi connectivity index (χ1) is 17.7. The van der Waals surface area contributed by atoms with Crippen LogP contribution in [0.15, 0.2) is 85.3 Å². The summed E-state index contributed by atoms with van der Waals surface area (Å²) in [6, 6.07) is 23.1. The van der Waals surface area contributed by atoms with E-state index in [1.807, 2.05) is 23.7 Å². The Morgan fingerprint density at radius 3 is 2.47 bits per heavy atom. The Kier molecular flexibility index (Phi) is 6.14. The number of aromatic nitrogens is 3. The monoisotopic (exact) mass is 476 g/mol. The second kappa shape index (κ2) is 9.73. The van der Waals surface area contributed by atoms with Crippen LogP contribution in [0.5, 0.6) is 0 Å². The summed E-state index contributed by atoms with van der Waals surface area (Å²) in [5, 5.41) is 8.37. The number of carbonyl (C=O) groups is 1. The molecule has 4 atom stereocenters. The zero-order chi connectivity index (χ0) is 24.5. The smallest absolute Gasteiger partial charge is 0.253 e. The first-order valence-corrected chi connectivity index (χ1v) is 13.1. The second-order valence-corrected chi connectivity index (χ2v) is 10.4. The van der Waals surface area contributed by atoms with Gasteiger partial charge in [0.1, 0.15) is 0 Å². The zero-order valence-electron chi connectivity index (χ0n) is 20.7. The largest absolute Gasteiger partial charge is 0.349 e. The van der Waals surface area contributed by atoms with Crippen molar-refractivity contribution in [2.24, 2.45) is 17.8 Å². The van der Waals surface area contributed by atoms with Crippen LogP contribution in [-0.2, 0) is 6.42 Å². The number of amides is 1. The van der Waals surface area contributed by atoms with Gasteiger partial charge in [-0.2, -0.15) is 5.10 Å². The third-order valence-corrected chi connectivity index (χ3v) is 8.15. The molecule has 1 amide bonds. The van der Waals surface area contributed by atoms with Crippen molar-refractivity contribution in [3.63, 3.8) is 0 Å². The molecule has 2 heterocycles. The molecule has 0 bridgehead atoms. The number of nitrogens with one attached hydrogen (secondary N) is 1. The van der Waals surface area contributed by atoms with Gasteiger partial charge in [0.2, 0.25) is 0 Å². The lowest BCUT2D eigenvalue weighted by Gasteiger charge is -2.22. The summed E-state index contributed by atoms with van der Waals surface area (Å²) in [6.07, 6.45) is 11.3. The van der Waals surface area contributed by atoms with Crippen LogP contribution >= 0.6 is 0 Å². The van der Waals surface area contributed by atoms with Gasteiger partial charge in [-0.1, -0.05) is 48.5 Å². The van der Waals surface area contributed by atoms with Gasteiger partial charge in [0.15, 0.2) is 0 Å². The molecule has 2 saturated carbocycles. The average molecular weight is 477 g/mol. The van der Waals surface area contributed by atoms with E-state index < -0.39 is 0 Å². The number of nitrogens with zero attached hydrogens (tertiary/aromatic N) is 3. The van der Waals surface area contributed by atoms with Crippen LogP contribution in [0.25, 0.3) is 16.9 Å². The maximum Gasteiger partial charge on any atom is 0.253 e. The van der Waals surface area contributed by atoms with Gasteiger partial charge >= 0.3 is 0 Å². The molecule has 36 heavy (non-hydrogen) atoms. The van der Waals surface area contributed by atoms with E-state index in [-0.39, 0.29) is 11.9 Å². The van der Waals surface area contributed by atoms with E-state index >= 15 is 0 Å². The molecule has 4 aromatic rings. The van der Waals surface area contributed by atoms with Gasteiger partial charge < -0.3 is 5.32 Å². The Morgan fingerprint density at radius 1 is 0.944 bits per heavy atom. The number of aryl methyl sites for hydroxylation is 1. The highest BCUT2D eigenvalue weighted by molar-refractivity contribution is 5.94. The SMILES string of the molecule is Cc1cncc(C(=O)N[C@H]2CC[C@H]3C(Cc4cn(-c5ccccc5)nc4-c4ccccc4)CC[C@@H]23)c1. The summed E-state index contributed by atoms with van der Waals surface area (Å²) >= 11 is 0. The van der Waals surface area contributed by atoms with E-state index in [1.165, 1.54) is 30.4 Å². The molecule has 1 unspecified atom stereocenters. The standard InChI is InChI=1S/C31H32N4O/c1-21-16-24(19-32-18-21)31(36)33-29-15-14-27-23(12-13-28(27)29)17-25-20-35(26-10-6-3-7-11-26)34-30(25)22-8-4-2-5-9-22/h2-11,16,18-20,23,27-29H,12-15,17H2,1H3,(H,33,36)/t23?,27-,28+,29-/m0/s1. The van der Waals surface area contributed by atoms with Crippen LogP contribution in [0.4, 0.5) is 0 Å². The van der Waals surface area contributed by atoms with E-state index in [1.54, 1.807) is 12.4 Å². The number of pyridine rings is 1. The van der Waals surface area contributed by atoms with Crippen molar-refractivity contribution >= 4 is 5.91 Å². The molecule has 0 radical (unpaired) electrons. The van der Waals surface area contributed by atoms with Crippen LogP contribution < -0.4 is 5.32 Å². The number of carbonyl (C=O) groups excluding carboxylic acids is 1. The average Bonchev–Trinajstić information content (AvgIpc) is 3.62. The molecule has 5 heteroatoms. The lowest BCUT2D eigenvalue weighted by molar-refractivity contribution is 0.0925. The van der Waals surface area contributed by atoms with Crippen molar-refractivity contribution < 1.29 is 4.79 Å². The number of para-hydroxylation sites is 1. The normalized spacial score (nSPS) is 22.9. The fourth-order valence-electron chi connectivity index (χ4n) is 6.48. The molecule has 1 N–H and O–H groups in total. The van der Waals surface area contributed by atoms with Gasteiger partial charge in [-0.25, -0.2) is 4.68 Å². The second-order valence-electron chi connectivity index (χ2n) is 10.4.